The predicted octanol–water partition coefficient (Wildman–Crippen LogP) is -0.687. The summed E-state index contributed by atoms with van der Waals surface area (Å²) >= 11 is 0. The largest absolute Gasteiger partial charge is 0.368 e. The number of carbonyl (C=O) groups excluding carboxylic acids is 1. The van der Waals surface area contributed by atoms with E-state index in [1.807, 2.05) is 11.8 Å². The molecule has 2 N–H and O–H groups in total. The summed E-state index contributed by atoms with van der Waals surface area (Å²) in [5.41, 5.74) is 5.19. The van der Waals surface area contributed by atoms with Gasteiger partial charge in [-0.3, -0.25) is 13.9 Å². The molecule has 0 aromatic heterocycles. The van der Waals surface area contributed by atoms with Crippen molar-refractivity contribution in [3.8, 4) is 0 Å². The Kier molecular flexibility index (Phi) is 3.44. The highest BCUT2D eigenvalue weighted by molar-refractivity contribution is 7.85. The molecule has 3 atom stereocenters. The van der Waals surface area contributed by atoms with Crippen LogP contribution < -0.4 is 5.73 Å². The Bertz CT molecular complexity index is 232. The van der Waals surface area contributed by atoms with Crippen LogP contribution in [0.4, 0.5) is 0 Å². The normalized spacial score (nSPS) is 32.8. The molecule has 3 unspecified atom stereocenters. The Hall–Kier alpha value is -0.420. The van der Waals surface area contributed by atoms with Crippen LogP contribution in [-0.4, -0.2) is 45.2 Å². The minimum absolute atomic E-state index is 0.149. The van der Waals surface area contributed by atoms with Crippen molar-refractivity contribution >= 4 is 16.7 Å². The van der Waals surface area contributed by atoms with Crippen molar-refractivity contribution in [1.29, 1.82) is 0 Å². The van der Waals surface area contributed by atoms with E-state index in [4.69, 9.17) is 5.73 Å². The summed E-state index contributed by atoms with van der Waals surface area (Å²) in [4.78, 5) is 12.9. The molecule has 76 valence electrons. The average Bonchev–Trinajstić information content (AvgIpc) is 2.08. The Morgan fingerprint density at radius 1 is 1.69 bits per heavy atom. The van der Waals surface area contributed by atoms with Crippen LogP contribution >= 0.6 is 0 Å². The van der Waals surface area contributed by atoms with Gasteiger partial charge in [0.15, 0.2) is 0 Å². The lowest BCUT2D eigenvalue weighted by atomic mass is 10.2. The highest BCUT2D eigenvalue weighted by Gasteiger charge is 2.27. The number of nitrogens with two attached hydrogens (primary N) is 1. The zero-order chi connectivity index (χ0) is 10.0. The summed E-state index contributed by atoms with van der Waals surface area (Å²) in [5.74, 6) is 0.346. The van der Waals surface area contributed by atoms with Gasteiger partial charge in [-0.25, -0.2) is 0 Å². The number of primary amides is 1. The van der Waals surface area contributed by atoms with Crippen molar-refractivity contribution in [2.75, 3.05) is 18.8 Å². The third kappa shape index (κ3) is 2.51. The van der Waals surface area contributed by atoms with Crippen LogP contribution in [-0.2, 0) is 15.6 Å². The molecule has 1 aliphatic heterocycles. The van der Waals surface area contributed by atoms with Crippen LogP contribution in [0.3, 0.4) is 0 Å². The van der Waals surface area contributed by atoms with E-state index in [1.54, 1.807) is 6.92 Å². The molecule has 0 bridgehead atoms. The fourth-order valence-corrected chi connectivity index (χ4v) is 2.62. The van der Waals surface area contributed by atoms with E-state index < -0.39 is 10.8 Å². The summed E-state index contributed by atoms with van der Waals surface area (Å²) in [5, 5.41) is 0.149. The van der Waals surface area contributed by atoms with Crippen LogP contribution in [0.15, 0.2) is 0 Å². The fourth-order valence-electron chi connectivity index (χ4n) is 1.44. The Morgan fingerprint density at radius 3 is 2.77 bits per heavy atom. The van der Waals surface area contributed by atoms with Crippen molar-refractivity contribution in [3.05, 3.63) is 0 Å². The lowest BCUT2D eigenvalue weighted by Crippen LogP contribution is -2.51. The van der Waals surface area contributed by atoms with Gasteiger partial charge in [0.05, 0.1) is 6.04 Å². The quantitative estimate of drug-likeness (QED) is 0.648. The lowest BCUT2D eigenvalue weighted by Gasteiger charge is -2.33. The molecule has 13 heavy (non-hydrogen) atoms. The molecule has 1 heterocycles. The number of amides is 1. The van der Waals surface area contributed by atoms with E-state index in [2.05, 4.69) is 0 Å². The van der Waals surface area contributed by atoms with E-state index in [0.29, 0.717) is 18.8 Å². The van der Waals surface area contributed by atoms with Gasteiger partial charge in [0.1, 0.15) is 0 Å². The molecule has 0 aromatic carbocycles. The topological polar surface area (TPSA) is 63.4 Å². The molecule has 1 fully saturated rings. The van der Waals surface area contributed by atoms with E-state index in [0.717, 1.165) is 0 Å². The van der Waals surface area contributed by atoms with Gasteiger partial charge < -0.3 is 5.73 Å². The molecule has 5 heteroatoms. The molecule has 0 saturated carbocycles. The molecule has 1 rings (SSSR count). The monoisotopic (exact) mass is 204 g/mol. The highest BCUT2D eigenvalue weighted by Crippen LogP contribution is 2.10. The average molecular weight is 204 g/mol. The van der Waals surface area contributed by atoms with Crippen molar-refractivity contribution in [2.24, 2.45) is 5.73 Å². The molecule has 4 nitrogen and oxygen atoms in total. The highest BCUT2D eigenvalue weighted by atomic mass is 32.2. The van der Waals surface area contributed by atoms with Gasteiger partial charge in [-0.15, -0.1) is 0 Å². The van der Waals surface area contributed by atoms with Crippen molar-refractivity contribution in [1.82, 2.24) is 4.90 Å². The number of nitrogens with zero attached hydrogens (tertiary/aromatic N) is 1. The van der Waals surface area contributed by atoms with Gasteiger partial charge >= 0.3 is 0 Å². The Balaban J connectivity index is 2.55. The first-order valence-electron chi connectivity index (χ1n) is 4.43. The Labute approximate surface area is 80.9 Å². The van der Waals surface area contributed by atoms with E-state index in [9.17, 15) is 9.00 Å². The van der Waals surface area contributed by atoms with Crippen LogP contribution in [0.25, 0.3) is 0 Å². The summed E-state index contributed by atoms with van der Waals surface area (Å²) in [7, 11) is -0.729. The minimum atomic E-state index is -0.729. The third-order valence-corrected chi connectivity index (χ3v) is 4.11. The summed E-state index contributed by atoms with van der Waals surface area (Å²) in [6.45, 7) is 5.15. The maximum Gasteiger partial charge on any atom is 0.234 e. The van der Waals surface area contributed by atoms with Crippen LogP contribution in [0, 0.1) is 0 Å². The summed E-state index contributed by atoms with van der Waals surface area (Å²) < 4.78 is 11.3. The van der Waals surface area contributed by atoms with E-state index >= 15 is 0 Å². The first-order chi connectivity index (χ1) is 6.02. The first kappa shape index (κ1) is 10.7. The molecule has 0 aromatic rings. The standard InChI is InChI=1S/C8H16N2O2S/c1-6-5-10(3-4-13(6)12)7(2)8(9)11/h6-7H,3-5H2,1-2H3,(H2,9,11). The molecule has 0 aliphatic carbocycles. The van der Waals surface area contributed by atoms with Crippen molar-refractivity contribution < 1.29 is 9.00 Å². The SMILES string of the molecule is CC(C(N)=O)N1CCS(=O)C(C)C1. The smallest absolute Gasteiger partial charge is 0.234 e. The Morgan fingerprint density at radius 2 is 2.31 bits per heavy atom. The van der Waals surface area contributed by atoms with Gasteiger partial charge in [0, 0.05) is 34.9 Å². The molecule has 1 saturated heterocycles. The van der Waals surface area contributed by atoms with Gasteiger partial charge in [-0.1, -0.05) is 0 Å². The molecular weight excluding hydrogens is 188 g/mol. The second kappa shape index (κ2) is 4.19. The number of hydrogen-bond donors (Lipinski definition) is 1. The van der Waals surface area contributed by atoms with Gasteiger partial charge in [0.2, 0.25) is 5.91 Å². The first-order valence-corrected chi connectivity index (χ1v) is 5.81. The number of rotatable bonds is 2. The third-order valence-electron chi connectivity index (χ3n) is 2.48. The maximum absolute atomic E-state index is 11.3. The van der Waals surface area contributed by atoms with Crippen LogP contribution in [0.2, 0.25) is 0 Å². The molecule has 1 aliphatic rings. The maximum atomic E-state index is 11.3. The van der Waals surface area contributed by atoms with Crippen LogP contribution in [0.5, 0.6) is 0 Å². The van der Waals surface area contributed by atoms with Gasteiger partial charge in [-0.2, -0.15) is 0 Å². The second-order valence-corrected chi connectivity index (χ2v) is 5.44. The number of hydrogen-bond acceptors (Lipinski definition) is 3. The second-order valence-electron chi connectivity index (χ2n) is 3.47. The molecule has 0 spiro atoms. The minimum Gasteiger partial charge on any atom is -0.368 e. The molecule has 1 amide bonds. The summed E-state index contributed by atoms with van der Waals surface area (Å²) in [6, 6.07) is -0.236. The lowest BCUT2D eigenvalue weighted by molar-refractivity contribution is -0.122. The summed E-state index contributed by atoms with van der Waals surface area (Å²) in [6.07, 6.45) is 0. The van der Waals surface area contributed by atoms with Crippen molar-refractivity contribution in [2.45, 2.75) is 25.1 Å². The number of carbonyl (C=O) groups is 1. The zero-order valence-electron chi connectivity index (χ0n) is 8.03. The van der Waals surface area contributed by atoms with E-state index in [-0.39, 0.29) is 17.2 Å². The van der Waals surface area contributed by atoms with E-state index in [1.165, 1.54) is 0 Å². The van der Waals surface area contributed by atoms with Gasteiger partial charge in [0.25, 0.3) is 0 Å². The van der Waals surface area contributed by atoms with Crippen LogP contribution in [0.1, 0.15) is 13.8 Å². The molecule has 0 radical (unpaired) electrons. The fraction of sp³-hybridized carbons (Fsp3) is 0.875. The molecular formula is C8H16N2O2S. The van der Waals surface area contributed by atoms with Crippen molar-refractivity contribution in [3.63, 3.8) is 0 Å². The zero-order valence-corrected chi connectivity index (χ0v) is 8.84. The van der Waals surface area contributed by atoms with Gasteiger partial charge in [-0.05, 0) is 13.8 Å². The predicted molar refractivity (Wildman–Crippen MR) is 52.7 cm³/mol.